The molecule has 0 saturated carbocycles. The molecule has 0 aliphatic rings. The van der Waals surface area contributed by atoms with Gasteiger partial charge in [0.25, 0.3) is 5.91 Å². The van der Waals surface area contributed by atoms with E-state index in [1.807, 2.05) is 44.2 Å². The molecule has 0 radical (unpaired) electrons. The molecule has 0 heterocycles. The molecule has 5 heteroatoms. The minimum absolute atomic E-state index is 0.0861. The number of ether oxygens (including phenoxy) is 1. The van der Waals surface area contributed by atoms with Gasteiger partial charge in [-0.2, -0.15) is 5.10 Å². The fourth-order valence-corrected chi connectivity index (χ4v) is 2.02. The van der Waals surface area contributed by atoms with E-state index in [1.165, 1.54) is 6.21 Å². The normalized spacial score (nSPS) is 10.7. The second-order valence-electron chi connectivity index (χ2n) is 4.83. The fraction of sp³-hybridized carbons (Fsp3) is 0.176. The molecule has 0 spiro atoms. The van der Waals surface area contributed by atoms with Crippen molar-refractivity contribution in [2.45, 2.75) is 13.8 Å². The Bertz CT molecular complexity index is 699. The number of nitrogens with zero attached hydrogens (tertiary/aromatic N) is 1. The smallest absolute Gasteiger partial charge is 0.277 e. The lowest BCUT2D eigenvalue weighted by Crippen LogP contribution is -2.24. The minimum Gasteiger partial charge on any atom is -0.483 e. The number of carbonyl (C=O) groups excluding carboxylic acids is 1. The molecule has 4 nitrogen and oxygen atoms in total. The van der Waals surface area contributed by atoms with Gasteiger partial charge in [-0.25, -0.2) is 5.43 Å². The van der Waals surface area contributed by atoms with Gasteiger partial charge in [0.2, 0.25) is 0 Å². The maximum absolute atomic E-state index is 11.7. The third kappa shape index (κ3) is 4.60. The highest BCUT2D eigenvalue weighted by atomic mass is 35.5. The van der Waals surface area contributed by atoms with E-state index in [-0.39, 0.29) is 12.5 Å². The predicted molar refractivity (Wildman–Crippen MR) is 88.6 cm³/mol. The standard InChI is InChI=1S/C17H17ClN2O2/c1-12-5-3-8-16(13(12)2)22-11-17(21)20-19-10-14-6-4-7-15(18)9-14/h3-10H,11H2,1-2H3,(H,20,21)/b19-10-. The summed E-state index contributed by atoms with van der Waals surface area (Å²) in [5, 5.41) is 4.49. The topological polar surface area (TPSA) is 50.7 Å². The predicted octanol–water partition coefficient (Wildman–Crippen LogP) is 3.49. The van der Waals surface area contributed by atoms with Crippen LogP contribution in [0, 0.1) is 13.8 Å². The van der Waals surface area contributed by atoms with Crippen molar-refractivity contribution in [1.29, 1.82) is 0 Å². The zero-order chi connectivity index (χ0) is 15.9. The molecule has 1 amide bonds. The fourth-order valence-electron chi connectivity index (χ4n) is 1.82. The third-order valence-electron chi connectivity index (χ3n) is 3.17. The van der Waals surface area contributed by atoms with Gasteiger partial charge < -0.3 is 4.74 Å². The first kappa shape index (κ1) is 16.0. The molecule has 0 aliphatic heterocycles. The number of benzene rings is 2. The Hall–Kier alpha value is -2.33. The summed E-state index contributed by atoms with van der Waals surface area (Å²) in [6, 6.07) is 12.9. The van der Waals surface area contributed by atoms with E-state index >= 15 is 0 Å². The van der Waals surface area contributed by atoms with E-state index in [9.17, 15) is 4.79 Å². The van der Waals surface area contributed by atoms with Gasteiger partial charge in [0.1, 0.15) is 5.75 Å². The zero-order valence-electron chi connectivity index (χ0n) is 12.5. The summed E-state index contributed by atoms with van der Waals surface area (Å²) in [7, 11) is 0. The Morgan fingerprint density at radius 2 is 2.05 bits per heavy atom. The van der Waals surface area contributed by atoms with Gasteiger partial charge in [-0.3, -0.25) is 4.79 Å². The van der Waals surface area contributed by atoms with Gasteiger partial charge in [-0.1, -0.05) is 35.9 Å². The van der Waals surface area contributed by atoms with Crippen LogP contribution in [0.15, 0.2) is 47.6 Å². The molecule has 2 aromatic carbocycles. The molecule has 0 aliphatic carbocycles. The Morgan fingerprint density at radius 1 is 1.27 bits per heavy atom. The Balaban J connectivity index is 1.84. The van der Waals surface area contributed by atoms with E-state index in [0.717, 1.165) is 16.7 Å². The first-order valence-electron chi connectivity index (χ1n) is 6.83. The summed E-state index contributed by atoms with van der Waals surface area (Å²) in [5.41, 5.74) is 5.37. The van der Waals surface area contributed by atoms with Crippen molar-refractivity contribution in [2.75, 3.05) is 6.61 Å². The minimum atomic E-state index is -0.320. The molecule has 114 valence electrons. The number of rotatable bonds is 5. The number of halogens is 1. The molecule has 0 aromatic heterocycles. The third-order valence-corrected chi connectivity index (χ3v) is 3.40. The quantitative estimate of drug-likeness (QED) is 0.678. The van der Waals surface area contributed by atoms with Crippen molar-refractivity contribution in [3.05, 3.63) is 64.2 Å². The average molecular weight is 317 g/mol. The summed E-state index contributed by atoms with van der Waals surface area (Å²) >= 11 is 5.86. The second kappa shape index (κ2) is 7.61. The van der Waals surface area contributed by atoms with Crippen LogP contribution >= 0.6 is 11.6 Å². The van der Waals surface area contributed by atoms with E-state index in [2.05, 4.69) is 10.5 Å². The molecule has 22 heavy (non-hydrogen) atoms. The maximum atomic E-state index is 11.7. The van der Waals surface area contributed by atoms with Crippen molar-refractivity contribution in [1.82, 2.24) is 5.43 Å². The number of carbonyl (C=O) groups is 1. The Morgan fingerprint density at radius 3 is 2.82 bits per heavy atom. The second-order valence-corrected chi connectivity index (χ2v) is 5.27. The van der Waals surface area contributed by atoms with Crippen LogP contribution in [-0.4, -0.2) is 18.7 Å². The molecule has 0 atom stereocenters. The lowest BCUT2D eigenvalue weighted by atomic mass is 10.1. The van der Waals surface area contributed by atoms with E-state index < -0.39 is 0 Å². The highest BCUT2D eigenvalue weighted by molar-refractivity contribution is 6.30. The first-order chi connectivity index (χ1) is 10.6. The lowest BCUT2D eigenvalue weighted by Gasteiger charge is -2.09. The van der Waals surface area contributed by atoms with Crippen LogP contribution in [0.2, 0.25) is 5.02 Å². The van der Waals surface area contributed by atoms with Gasteiger partial charge in [0.15, 0.2) is 6.61 Å². The zero-order valence-corrected chi connectivity index (χ0v) is 13.2. The number of aryl methyl sites for hydroxylation is 1. The average Bonchev–Trinajstić information content (AvgIpc) is 2.49. The number of nitrogens with one attached hydrogen (secondary N) is 1. The molecule has 0 fully saturated rings. The largest absolute Gasteiger partial charge is 0.483 e. The van der Waals surface area contributed by atoms with Crippen LogP contribution in [-0.2, 0) is 4.79 Å². The number of amides is 1. The lowest BCUT2D eigenvalue weighted by molar-refractivity contribution is -0.123. The van der Waals surface area contributed by atoms with Gasteiger partial charge in [0, 0.05) is 5.02 Å². The number of hydrogen-bond acceptors (Lipinski definition) is 3. The van der Waals surface area contributed by atoms with Crippen LogP contribution < -0.4 is 10.2 Å². The van der Waals surface area contributed by atoms with Crippen molar-refractivity contribution >= 4 is 23.7 Å². The highest BCUT2D eigenvalue weighted by Gasteiger charge is 2.05. The summed E-state index contributed by atoms with van der Waals surface area (Å²) < 4.78 is 5.49. The molecule has 1 N–H and O–H groups in total. The molecule has 2 rings (SSSR count). The van der Waals surface area contributed by atoms with Crippen LogP contribution in [0.5, 0.6) is 5.75 Å². The monoisotopic (exact) mass is 316 g/mol. The van der Waals surface area contributed by atoms with Gasteiger partial charge in [0.05, 0.1) is 6.21 Å². The molecular formula is C17H17ClN2O2. The van der Waals surface area contributed by atoms with Crippen molar-refractivity contribution in [2.24, 2.45) is 5.10 Å². The van der Waals surface area contributed by atoms with E-state index in [4.69, 9.17) is 16.3 Å². The van der Waals surface area contributed by atoms with Crippen LogP contribution in [0.25, 0.3) is 0 Å². The number of hydrogen-bond donors (Lipinski definition) is 1. The maximum Gasteiger partial charge on any atom is 0.277 e. The molecule has 2 aromatic rings. The van der Waals surface area contributed by atoms with Gasteiger partial charge in [-0.05, 0) is 48.7 Å². The first-order valence-corrected chi connectivity index (χ1v) is 7.20. The molecule has 0 bridgehead atoms. The van der Waals surface area contributed by atoms with Crippen molar-refractivity contribution in [3.8, 4) is 5.75 Å². The highest BCUT2D eigenvalue weighted by Crippen LogP contribution is 2.20. The Kier molecular flexibility index (Phi) is 5.55. The van der Waals surface area contributed by atoms with Crippen LogP contribution in [0.1, 0.15) is 16.7 Å². The molecular weight excluding hydrogens is 300 g/mol. The van der Waals surface area contributed by atoms with E-state index in [1.54, 1.807) is 12.1 Å². The summed E-state index contributed by atoms with van der Waals surface area (Å²) in [6.07, 6.45) is 1.53. The van der Waals surface area contributed by atoms with Gasteiger partial charge in [-0.15, -0.1) is 0 Å². The van der Waals surface area contributed by atoms with Crippen LogP contribution in [0.4, 0.5) is 0 Å². The van der Waals surface area contributed by atoms with Crippen molar-refractivity contribution in [3.63, 3.8) is 0 Å². The summed E-state index contributed by atoms with van der Waals surface area (Å²) in [5.74, 6) is 0.383. The van der Waals surface area contributed by atoms with E-state index in [0.29, 0.717) is 10.8 Å². The number of hydrazone groups is 1. The van der Waals surface area contributed by atoms with Crippen molar-refractivity contribution < 1.29 is 9.53 Å². The summed E-state index contributed by atoms with van der Waals surface area (Å²) in [4.78, 5) is 11.7. The van der Waals surface area contributed by atoms with Crippen LogP contribution in [0.3, 0.4) is 0 Å². The van der Waals surface area contributed by atoms with Gasteiger partial charge >= 0.3 is 0 Å². The SMILES string of the molecule is Cc1cccc(OCC(=O)N/N=C\c2cccc(Cl)c2)c1C. The summed E-state index contributed by atoms with van der Waals surface area (Å²) in [6.45, 7) is 3.87. The Labute approximate surface area is 134 Å². The molecule has 0 saturated heterocycles. The molecule has 0 unspecified atom stereocenters.